The number of benzene rings is 3. The van der Waals surface area contributed by atoms with Crippen LogP contribution in [0.25, 0.3) is 10.8 Å². The smallest absolute Gasteiger partial charge is 0.0297 e. The molecule has 1 heteroatoms. The van der Waals surface area contributed by atoms with E-state index in [-0.39, 0.29) is 0 Å². The highest BCUT2D eigenvalue weighted by Crippen LogP contribution is 2.28. The second kappa shape index (κ2) is 7.41. The summed E-state index contributed by atoms with van der Waals surface area (Å²) in [5.74, 6) is 0.821. The average Bonchev–Trinajstić information content (AvgIpc) is 2.67. The Bertz CT molecular complexity index is 846. The number of hydrogen-bond acceptors (Lipinski definition) is 1. The molecule has 3 aromatic rings. The molecule has 0 aromatic heterocycles. The maximum atomic E-state index is 3.76. The van der Waals surface area contributed by atoms with Gasteiger partial charge in [0.15, 0.2) is 0 Å². The van der Waals surface area contributed by atoms with E-state index in [0.717, 1.165) is 12.5 Å². The van der Waals surface area contributed by atoms with Crippen molar-refractivity contribution in [1.82, 2.24) is 5.32 Å². The van der Waals surface area contributed by atoms with Crippen molar-refractivity contribution >= 4 is 10.8 Å². The zero-order valence-corrected chi connectivity index (χ0v) is 15.0. The van der Waals surface area contributed by atoms with Crippen molar-refractivity contribution in [2.75, 3.05) is 6.54 Å². The van der Waals surface area contributed by atoms with Gasteiger partial charge in [-0.25, -0.2) is 0 Å². The minimum atomic E-state index is 0.391. The van der Waals surface area contributed by atoms with E-state index in [1.807, 2.05) is 0 Å². The summed E-state index contributed by atoms with van der Waals surface area (Å²) in [5, 5.41) is 6.47. The fraction of sp³-hybridized carbons (Fsp3) is 0.333. The highest BCUT2D eigenvalue weighted by molar-refractivity contribution is 5.86. The van der Waals surface area contributed by atoms with Gasteiger partial charge >= 0.3 is 0 Å². The second-order valence-corrected chi connectivity index (χ2v) is 7.41. The molecular formula is C24H27N. The Morgan fingerprint density at radius 2 is 1.68 bits per heavy atom. The van der Waals surface area contributed by atoms with Crippen LogP contribution in [0.3, 0.4) is 0 Å². The van der Waals surface area contributed by atoms with Crippen molar-refractivity contribution < 1.29 is 0 Å². The SMILES string of the molecule is C[C@@H](NCC[C@H]1CCc2ccccc2C1)c1cccc2ccccc12. The summed E-state index contributed by atoms with van der Waals surface area (Å²) in [6.07, 6.45) is 5.10. The fourth-order valence-corrected chi connectivity index (χ4v) is 4.26. The van der Waals surface area contributed by atoms with Crippen LogP contribution in [-0.2, 0) is 12.8 Å². The van der Waals surface area contributed by atoms with Gasteiger partial charge in [0, 0.05) is 6.04 Å². The highest BCUT2D eigenvalue weighted by atomic mass is 14.9. The molecule has 4 rings (SSSR count). The lowest BCUT2D eigenvalue weighted by atomic mass is 9.82. The summed E-state index contributed by atoms with van der Waals surface area (Å²) in [6.45, 7) is 3.38. The number of hydrogen-bond donors (Lipinski definition) is 1. The summed E-state index contributed by atoms with van der Waals surface area (Å²) in [7, 11) is 0. The van der Waals surface area contributed by atoms with E-state index >= 15 is 0 Å². The molecule has 3 aromatic carbocycles. The normalized spacial score (nSPS) is 18.0. The molecule has 0 radical (unpaired) electrons. The van der Waals surface area contributed by atoms with E-state index in [0.29, 0.717) is 6.04 Å². The first kappa shape index (κ1) is 16.4. The lowest BCUT2D eigenvalue weighted by Crippen LogP contribution is -2.24. The van der Waals surface area contributed by atoms with Crippen LogP contribution in [0.1, 0.15) is 42.5 Å². The molecule has 2 atom stereocenters. The van der Waals surface area contributed by atoms with Crippen LogP contribution >= 0.6 is 0 Å². The third-order valence-corrected chi connectivity index (χ3v) is 5.74. The van der Waals surface area contributed by atoms with Crippen molar-refractivity contribution in [3.05, 3.63) is 83.4 Å². The van der Waals surface area contributed by atoms with Gasteiger partial charge in [-0.3, -0.25) is 0 Å². The largest absolute Gasteiger partial charge is 0.310 e. The lowest BCUT2D eigenvalue weighted by Gasteiger charge is -2.25. The van der Waals surface area contributed by atoms with Gasteiger partial charge in [0.05, 0.1) is 0 Å². The van der Waals surface area contributed by atoms with Crippen molar-refractivity contribution in [3.8, 4) is 0 Å². The van der Waals surface area contributed by atoms with Gasteiger partial charge in [-0.2, -0.15) is 0 Å². The molecule has 1 aliphatic rings. The molecule has 25 heavy (non-hydrogen) atoms. The molecular weight excluding hydrogens is 302 g/mol. The van der Waals surface area contributed by atoms with E-state index in [1.165, 1.54) is 42.0 Å². The first-order chi connectivity index (χ1) is 12.3. The van der Waals surface area contributed by atoms with Crippen molar-refractivity contribution in [2.45, 2.75) is 38.6 Å². The quantitative estimate of drug-likeness (QED) is 0.634. The molecule has 0 bridgehead atoms. The van der Waals surface area contributed by atoms with E-state index < -0.39 is 0 Å². The summed E-state index contributed by atoms with van der Waals surface area (Å²) < 4.78 is 0. The zero-order valence-electron chi connectivity index (χ0n) is 15.0. The third-order valence-electron chi connectivity index (χ3n) is 5.74. The molecule has 0 fully saturated rings. The minimum Gasteiger partial charge on any atom is -0.310 e. The Morgan fingerprint density at radius 1 is 0.920 bits per heavy atom. The van der Waals surface area contributed by atoms with Crippen LogP contribution in [0.5, 0.6) is 0 Å². The molecule has 0 unspecified atom stereocenters. The van der Waals surface area contributed by atoms with Crippen LogP contribution in [0, 0.1) is 5.92 Å². The van der Waals surface area contributed by atoms with Crippen molar-refractivity contribution in [3.63, 3.8) is 0 Å². The van der Waals surface area contributed by atoms with E-state index in [4.69, 9.17) is 0 Å². The van der Waals surface area contributed by atoms with E-state index in [2.05, 4.69) is 79.0 Å². The van der Waals surface area contributed by atoms with Crippen LogP contribution < -0.4 is 5.32 Å². The van der Waals surface area contributed by atoms with Crippen LogP contribution in [0.2, 0.25) is 0 Å². The van der Waals surface area contributed by atoms with Gasteiger partial charge in [0.25, 0.3) is 0 Å². The van der Waals surface area contributed by atoms with Gasteiger partial charge in [0.1, 0.15) is 0 Å². The monoisotopic (exact) mass is 329 g/mol. The number of rotatable bonds is 5. The minimum absolute atomic E-state index is 0.391. The maximum absolute atomic E-state index is 3.76. The topological polar surface area (TPSA) is 12.0 Å². The van der Waals surface area contributed by atoms with Gasteiger partial charge in [-0.05, 0) is 72.5 Å². The first-order valence-corrected chi connectivity index (χ1v) is 9.59. The summed E-state index contributed by atoms with van der Waals surface area (Å²) in [5.41, 5.74) is 4.55. The Balaban J connectivity index is 1.36. The fourth-order valence-electron chi connectivity index (χ4n) is 4.26. The van der Waals surface area contributed by atoms with Crippen LogP contribution in [-0.4, -0.2) is 6.54 Å². The van der Waals surface area contributed by atoms with Crippen molar-refractivity contribution in [1.29, 1.82) is 0 Å². The molecule has 0 spiro atoms. The van der Waals surface area contributed by atoms with Gasteiger partial charge < -0.3 is 5.32 Å². The Hall–Kier alpha value is -2.12. The third kappa shape index (κ3) is 3.62. The Labute approximate surface area is 151 Å². The Morgan fingerprint density at radius 3 is 2.60 bits per heavy atom. The molecule has 0 saturated heterocycles. The van der Waals surface area contributed by atoms with Gasteiger partial charge in [-0.1, -0.05) is 66.7 Å². The van der Waals surface area contributed by atoms with Gasteiger partial charge in [-0.15, -0.1) is 0 Å². The van der Waals surface area contributed by atoms with Crippen molar-refractivity contribution in [2.24, 2.45) is 5.92 Å². The molecule has 1 aliphatic carbocycles. The molecule has 128 valence electrons. The summed E-state index contributed by atoms with van der Waals surface area (Å²) in [6, 6.07) is 24.7. The maximum Gasteiger partial charge on any atom is 0.0297 e. The summed E-state index contributed by atoms with van der Waals surface area (Å²) in [4.78, 5) is 0. The molecule has 0 amide bonds. The Kier molecular flexibility index (Phi) is 4.85. The molecule has 1 nitrogen and oxygen atoms in total. The standard InChI is InChI=1S/C24H27N/c1-18(23-12-6-10-21-8-4-5-11-24(21)23)25-16-15-19-13-14-20-7-2-3-9-22(20)17-19/h2-12,18-19,25H,13-17H2,1H3/t18-,19-/m1/s1. The summed E-state index contributed by atoms with van der Waals surface area (Å²) >= 11 is 0. The zero-order chi connectivity index (χ0) is 17.1. The van der Waals surface area contributed by atoms with E-state index in [9.17, 15) is 0 Å². The molecule has 1 N–H and O–H groups in total. The van der Waals surface area contributed by atoms with Gasteiger partial charge in [0.2, 0.25) is 0 Å². The number of nitrogens with one attached hydrogen (secondary N) is 1. The highest BCUT2D eigenvalue weighted by Gasteiger charge is 2.18. The molecule has 0 heterocycles. The predicted octanol–water partition coefficient (Wildman–Crippen LogP) is 5.69. The second-order valence-electron chi connectivity index (χ2n) is 7.41. The van der Waals surface area contributed by atoms with Crippen LogP contribution in [0.15, 0.2) is 66.7 Å². The first-order valence-electron chi connectivity index (χ1n) is 9.59. The van der Waals surface area contributed by atoms with E-state index in [1.54, 1.807) is 11.1 Å². The number of aryl methyl sites for hydroxylation is 1. The molecule has 0 aliphatic heterocycles. The number of fused-ring (bicyclic) bond motifs is 2. The van der Waals surface area contributed by atoms with Crippen LogP contribution in [0.4, 0.5) is 0 Å². The average molecular weight is 329 g/mol. The molecule has 0 saturated carbocycles. The predicted molar refractivity (Wildman–Crippen MR) is 107 cm³/mol. The lowest BCUT2D eigenvalue weighted by molar-refractivity contribution is 0.403.